The van der Waals surface area contributed by atoms with E-state index in [9.17, 15) is 4.79 Å². The smallest absolute Gasteiger partial charge is 0.250 e. The molecule has 1 N–H and O–H groups in total. The van der Waals surface area contributed by atoms with Crippen LogP contribution in [0.25, 0.3) is 6.08 Å². The predicted molar refractivity (Wildman–Crippen MR) is 81.3 cm³/mol. The lowest BCUT2D eigenvalue weighted by molar-refractivity contribution is -0.111. The van der Waals surface area contributed by atoms with E-state index in [1.54, 1.807) is 20.3 Å². The highest BCUT2D eigenvalue weighted by Crippen LogP contribution is 2.16. The molecule has 2 aromatic rings. The highest BCUT2D eigenvalue weighted by atomic mass is 32.1. The molecule has 0 aliphatic heterocycles. The molecule has 110 valence electrons. The number of anilines is 1. The third kappa shape index (κ3) is 4.66. The van der Waals surface area contributed by atoms with Gasteiger partial charge < -0.3 is 9.47 Å². The van der Waals surface area contributed by atoms with Crippen LogP contribution in [0.4, 0.5) is 5.13 Å². The Morgan fingerprint density at radius 3 is 2.71 bits per heavy atom. The summed E-state index contributed by atoms with van der Waals surface area (Å²) in [5, 5.41) is 11.6. The van der Waals surface area contributed by atoms with Crippen molar-refractivity contribution in [2.24, 2.45) is 0 Å². The van der Waals surface area contributed by atoms with Crippen LogP contribution in [0.1, 0.15) is 10.6 Å². The minimum absolute atomic E-state index is 0.258. The van der Waals surface area contributed by atoms with Crippen LogP contribution in [0.3, 0.4) is 0 Å². The van der Waals surface area contributed by atoms with Gasteiger partial charge in [-0.05, 0) is 23.8 Å². The summed E-state index contributed by atoms with van der Waals surface area (Å²) >= 11 is 1.28. The van der Waals surface area contributed by atoms with Crippen molar-refractivity contribution in [3.63, 3.8) is 0 Å². The van der Waals surface area contributed by atoms with Crippen molar-refractivity contribution < 1.29 is 14.3 Å². The monoisotopic (exact) mass is 305 g/mol. The van der Waals surface area contributed by atoms with E-state index in [1.807, 2.05) is 24.3 Å². The van der Waals surface area contributed by atoms with E-state index in [0.29, 0.717) is 16.7 Å². The zero-order chi connectivity index (χ0) is 15.1. The number of rotatable bonds is 6. The molecule has 6 nitrogen and oxygen atoms in total. The first-order valence-corrected chi connectivity index (χ1v) is 6.97. The van der Waals surface area contributed by atoms with E-state index in [-0.39, 0.29) is 5.91 Å². The van der Waals surface area contributed by atoms with Gasteiger partial charge in [-0.2, -0.15) is 0 Å². The highest BCUT2D eigenvalue weighted by molar-refractivity contribution is 7.15. The number of carbonyl (C=O) groups is 1. The number of aromatic nitrogens is 2. The van der Waals surface area contributed by atoms with Gasteiger partial charge in [-0.15, -0.1) is 10.2 Å². The van der Waals surface area contributed by atoms with Crippen LogP contribution in [-0.4, -0.2) is 30.3 Å². The summed E-state index contributed by atoms with van der Waals surface area (Å²) in [6, 6.07) is 7.40. The van der Waals surface area contributed by atoms with Crippen molar-refractivity contribution in [1.29, 1.82) is 0 Å². The van der Waals surface area contributed by atoms with E-state index in [4.69, 9.17) is 9.47 Å². The Hall–Kier alpha value is -2.25. The van der Waals surface area contributed by atoms with Gasteiger partial charge in [-0.25, -0.2) is 0 Å². The molecule has 0 atom stereocenters. The Morgan fingerprint density at radius 2 is 2.05 bits per heavy atom. The van der Waals surface area contributed by atoms with E-state index in [2.05, 4.69) is 15.5 Å². The third-order valence-corrected chi connectivity index (χ3v) is 3.32. The predicted octanol–water partition coefficient (Wildman–Crippen LogP) is 2.35. The molecular weight excluding hydrogens is 290 g/mol. The first-order valence-electron chi connectivity index (χ1n) is 6.15. The molecule has 1 aromatic carbocycles. The highest BCUT2D eigenvalue weighted by Gasteiger charge is 2.05. The molecular formula is C14H15N3O3S. The summed E-state index contributed by atoms with van der Waals surface area (Å²) in [5.74, 6) is 0.516. The number of nitrogens with one attached hydrogen (secondary N) is 1. The number of nitrogens with zero attached hydrogens (tertiary/aromatic N) is 2. The Morgan fingerprint density at radius 1 is 1.29 bits per heavy atom. The van der Waals surface area contributed by atoms with Crippen LogP contribution in [0.15, 0.2) is 30.3 Å². The number of carbonyl (C=O) groups excluding carboxylic acids is 1. The summed E-state index contributed by atoms with van der Waals surface area (Å²) < 4.78 is 10.0. The molecule has 21 heavy (non-hydrogen) atoms. The molecule has 1 amide bonds. The maximum atomic E-state index is 11.8. The summed E-state index contributed by atoms with van der Waals surface area (Å²) in [7, 11) is 3.19. The van der Waals surface area contributed by atoms with Gasteiger partial charge in [-0.3, -0.25) is 10.1 Å². The van der Waals surface area contributed by atoms with E-state index < -0.39 is 0 Å². The first kappa shape index (κ1) is 15.1. The molecule has 1 heterocycles. The lowest BCUT2D eigenvalue weighted by atomic mass is 10.2. The molecule has 0 bridgehead atoms. The fourth-order valence-corrected chi connectivity index (χ4v) is 2.23. The second kappa shape index (κ2) is 7.51. The number of hydrogen-bond acceptors (Lipinski definition) is 6. The Labute approximate surface area is 126 Å². The lowest BCUT2D eigenvalue weighted by Crippen LogP contribution is -2.07. The van der Waals surface area contributed by atoms with Crippen molar-refractivity contribution in [3.05, 3.63) is 40.9 Å². The molecule has 1 aromatic heterocycles. The van der Waals surface area contributed by atoms with Crippen molar-refractivity contribution in [3.8, 4) is 5.75 Å². The van der Waals surface area contributed by atoms with E-state index in [1.165, 1.54) is 17.4 Å². The van der Waals surface area contributed by atoms with Gasteiger partial charge in [0.05, 0.1) is 7.11 Å². The largest absolute Gasteiger partial charge is 0.497 e. The minimum Gasteiger partial charge on any atom is -0.497 e. The molecule has 0 aliphatic rings. The lowest BCUT2D eigenvalue weighted by Gasteiger charge is -1.99. The number of amides is 1. The molecule has 0 spiro atoms. The molecule has 2 rings (SSSR count). The summed E-state index contributed by atoms with van der Waals surface area (Å²) in [6.07, 6.45) is 3.16. The average molecular weight is 305 g/mol. The Balaban J connectivity index is 1.91. The van der Waals surface area contributed by atoms with Gasteiger partial charge >= 0.3 is 0 Å². The third-order valence-electron chi connectivity index (χ3n) is 2.51. The molecule has 0 radical (unpaired) electrons. The molecule has 0 saturated heterocycles. The number of benzene rings is 1. The van der Waals surface area contributed by atoms with Gasteiger partial charge in [0.15, 0.2) is 0 Å². The second-order valence-electron chi connectivity index (χ2n) is 4.03. The van der Waals surface area contributed by atoms with Crippen LogP contribution < -0.4 is 10.1 Å². The first-order chi connectivity index (χ1) is 10.2. The van der Waals surface area contributed by atoms with Crippen LogP contribution >= 0.6 is 11.3 Å². The van der Waals surface area contributed by atoms with Gasteiger partial charge in [0.2, 0.25) is 11.0 Å². The van der Waals surface area contributed by atoms with Gasteiger partial charge in [0.25, 0.3) is 0 Å². The molecule has 7 heteroatoms. The zero-order valence-electron chi connectivity index (χ0n) is 11.7. The molecule has 0 saturated carbocycles. The molecule has 0 aliphatic carbocycles. The van der Waals surface area contributed by atoms with Crippen LogP contribution in [0, 0.1) is 0 Å². The normalized spacial score (nSPS) is 10.8. The number of ether oxygens (including phenoxy) is 2. The van der Waals surface area contributed by atoms with Gasteiger partial charge in [0.1, 0.15) is 17.4 Å². The quantitative estimate of drug-likeness (QED) is 0.829. The molecule has 0 fully saturated rings. The second-order valence-corrected chi connectivity index (χ2v) is 5.09. The standard InChI is InChI=1S/C14H15N3O3S/c1-19-9-13-16-17-14(21-13)15-12(18)8-5-10-3-6-11(20-2)7-4-10/h3-8H,9H2,1-2H3,(H,15,17,18)/b8-5+. The van der Waals surface area contributed by atoms with Crippen LogP contribution in [0.2, 0.25) is 0 Å². The topological polar surface area (TPSA) is 73.3 Å². The molecule has 0 unspecified atom stereocenters. The van der Waals surface area contributed by atoms with E-state index >= 15 is 0 Å². The Kier molecular flexibility index (Phi) is 5.42. The van der Waals surface area contributed by atoms with Crippen molar-refractivity contribution in [2.75, 3.05) is 19.5 Å². The zero-order valence-corrected chi connectivity index (χ0v) is 12.5. The summed E-state index contributed by atoms with van der Waals surface area (Å²) in [4.78, 5) is 11.8. The van der Waals surface area contributed by atoms with Gasteiger partial charge in [-0.1, -0.05) is 23.5 Å². The van der Waals surface area contributed by atoms with Crippen molar-refractivity contribution in [2.45, 2.75) is 6.61 Å². The Bertz CT molecular complexity index is 623. The summed E-state index contributed by atoms with van der Waals surface area (Å²) in [5.41, 5.74) is 0.906. The number of methoxy groups -OCH3 is 2. The summed E-state index contributed by atoms with van der Waals surface area (Å²) in [6.45, 7) is 0.384. The maximum absolute atomic E-state index is 11.8. The van der Waals surface area contributed by atoms with E-state index in [0.717, 1.165) is 11.3 Å². The van der Waals surface area contributed by atoms with Crippen LogP contribution in [-0.2, 0) is 16.1 Å². The average Bonchev–Trinajstić information content (AvgIpc) is 2.93. The van der Waals surface area contributed by atoms with Crippen molar-refractivity contribution >= 4 is 28.5 Å². The number of hydrogen-bond donors (Lipinski definition) is 1. The maximum Gasteiger partial charge on any atom is 0.250 e. The SMILES string of the molecule is COCc1nnc(NC(=O)/C=C/c2ccc(OC)cc2)s1. The van der Waals surface area contributed by atoms with Gasteiger partial charge in [0, 0.05) is 13.2 Å². The van der Waals surface area contributed by atoms with Crippen LogP contribution in [0.5, 0.6) is 5.75 Å². The fourth-order valence-electron chi connectivity index (χ4n) is 1.52. The fraction of sp³-hybridized carbons (Fsp3) is 0.214. The van der Waals surface area contributed by atoms with Crippen molar-refractivity contribution in [1.82, 2.24) is 10.2 Å². The minimum atomic E-state index is -0.258.